The van der Waals surface area contributed by atoms with E-state index in [1.807, 2.05) is 19.9 Å². The van der Waals surface area contributed by atoms with Crippen LogP contribution in [-0.4, -0.2) is 17.4 Å². The van der Waals surface area contributed by atoms with Crippen LogP contribution in [0.2, 0.25) is 0 Å². The first-order valence-electron chi connectivity index (χ1n) is 9.90. The Morgan fingerprint density at radius 1 is 1.10 bits per heavy atom. The van der Waals surface area contributed by atoms with Crippen molar-refractivity contribution in [2.24, 2.45) is 0 Å². The van der Waals surface area contributed by atoms with Gasteiger partial charge in [-0.2, -0.15) is 0 Å². The number of ether oxygens (including phenoxy) is 1. The normalized spacial score (nSPS) is 13.4. The number of nitrogens with zero attached hydrogens (tertiary/aromatic N) is 2. The Bertz CT molecular complexity index is 1180. The second-order valence-electron chi connectivity index (χ2n) is 7.12. The molecule has 2 heterocycles. The maximum Gasteiger partial charge on any atom is 0.219 e. The lowest BCUT2D eigenvalue weighted by atomic mass is 10.1. The molecule has 4 rings (SSSR count). The Balaban J connectivity index is 1.92. The molecule has 1 aromatic heterocycles. The van der Waals surface area contributed by atoms with E-state index in [0.717, 1.165) is 0 Å². The third-order valence-electron chi connectivity index (χ3n) is 4.77. The highest BCUT2D eigenvalue weighted by Gasteiger charge is 2.27. The Hall–Kier alpha value is -3.74. The number of halogens is 2. The van der Waals surface area contributed by atoms with Gasteiger partial charge in [0.2, 0.25) is 5.88 Å². The van der Waals surface area contributed by atoms with Gasteiger partial charge in [-0.25, -0.2) is 13.8 Å². The van der Waals surface area contributed by atoms with Crippen LogP contribution in [0.1, 0.15) is 18.2 Å². The number of hydrogen-bond donors (Lipinski definition) is 1. The first kappa shape index (κ1) is 20.5. The number of allylic oxidation sites excluding steroid dienone is 1. The first-order chi connectivity index (χ1) is 14.9. The lowest BCUT2D eigenvalue weighted by Crippen LogP contribution is -2.23. The van der Waals surface area contributed by atoms with E-state index in [0.29, 0.717) is 46.6 Å². The maximum absolute atomic E-state index is 14.1. The van der Waals surface area contributed by atoms with Gasteiger partial charge in [0.15, 0.2) is 5.78 Å². The van der Waals surface area contributed by atoms with Gasteiger partial charge in [0, 0.05) is 29.4 Å². The molecule has 1 N–H and O–H groups in total. The minimum absolute atomic E-state index is 0.0676. The Labute approximate surface area is 179 Å². The number of fused-ring (bicyclic) bond motifs is 1. The standard InChI is InChI=1S/C24H21F2N3O2/c1-3-31-24-21-13-20(30)14-23(28-18-8-4-6-16(25)11-18)29(22(21)10-15(2)27-24)19-9-5-7-17(26)12-19/h4-12,14,28H,3,13H2,1-2H3. The second-order valence-corrected chi connectivity index (χ2v) is 7.12. The second kappa shape index (κ2) is 8.55. The fourth-order valence-electron chi connectivity index (χ4n) is 3.55. The summed E-state index contributed by atoms with van der Waals surface area (Å²) < 4.78 is 33.6. The van der Waals surface area contributed by atoms with Crippen molar-refractivity contribution in [2.45, 2.75) is 20.3 Å². The van der Waals surface area contributed by atoms with Crippen LogP contribution < -0.4 is 15.0 Å². The molecule has 0 radical (unpaired) electrons. The summed E-state index contributed by atoms with van der Waals surface area (Å²) in [6.07, 6.45) is 1.50. The maximum atomic E-state index is 14.1. The van der Waals surface area contributed by atoms with Crippen molar-refractivity contribution in [2.75, 3.05) is 16.8 Å². The number of benzene rings is 2. The summed E-state index contributed by atoms with van der Waals surface area (Å²) in [5, 5.41) is 3.11. The molecule has 0 atom stereocenters. The molecule has 0 spiro atoms. The first-order valence-corrected chi connectivity index (χ1v) is 9.90. The highest BCUT2D eigenvalue weighted by Crippen LogP contribution is 2.39. The van der Waals surface area contributed by atoms with Crippen molar-refractivity contribution in [3.63, 3.8) is 0 Å². The van der Waals surface area contributed by atoms with Gasteiger partial charge in [-0.05, 0) is 56.3 Å². The van der Waals surface area contributed by atoms with E-state index >= 15 is 0 Å². The zero-order valence-electron chi connectivity index (χ0n) is 17.2. The fraction of sp³-hybridized carbons (Fsp3) is 0.167. The number of ketones is 1. The van der Waals surface area contributed by atoms with Crippen LogP contribution >= 0.6 is 0 Å². The highest BCUT2D eigenvalue weighted by atomic mass is 19.1. The molecule has 1 aliphatic heterocycles. The zero-order valence-corrected chi connectivity index (χ0v) is 17.2. The van der Waals surface area contributed by atoms with Crippen LogP contribution in [-0.2, 0) is 11.2 Å². The summed E-state index contributed by atoms with van der Waals surface area (Å²) in [5.74, 6) is -0.288. The summed E-state index contributed by atoms with van der Waals surface area (Å²) >= 11 is 0. The van der Waals surface area contributed by atoms with Crippen LogP contribution in [0.5, 0.6) is 5.88 Å². The number of aromatic nitrogens is 1. The van der Waals surface area contributed by atoms with Crippen molar-refractivity contribution in [3.05, 3.63) is 89.4 Å². The van der Waals surface area contributed by atoms with Crippen molar-refractivity contribution in [3.8, 4) is 5.88 Å². The van der Waals surface area contributed by atoms with Gasteiger partial charge in [0.05, 0.1) is 18.0 Å². The average Bonchev–Trinajstić information content (AvgIpc) is 2.84. The molecule has 158 valence electrons. The van der Waals surface area contributed by atoms with E-state index in [1.165, 1.54) is 30.3 Å². The van der Waals surface area contributed by atoms with Gasteiger partial charge in [-0.1, -0.05) is 12.1 Å². The van der Waals surface area contributed by atoms with Gasteiger partial charge in [-0.15, -0.1) is 0 Å². The molecule has 2 aromatic carbocycles. The number of aryl methyl sites for hydroxylation is 1. The molecule has 0 saturated heterocycles. The molecule has 0 saturated carbocycles. The number of nitrogens with one attached hydrogen (secondary N) is 1. The lowest BCUT2D eigenvalue weighted by molar-refractivity contribution is -0.114. The van der Waals surface area contributed by atoms with E-state index in [2.05, 4.69) is 10.3 Å². The molecule has 3 aromatic rings. The van der Waals surface area contributed by atoms with Gasteiger partial charge < -0.3 is 10.1 Å². The molecule has 1 aliphatic rings. The Morgan fingerprint density at radius 2 is 1.84 bits per heavy atom. The molecular formula is C24H21F2N3O2. The Morgan fingerprint density at radius 3 is 2.55 bits per heavy atom. The van der Waals surface area contributed by atoms with E-state index < -0.39 is 11.6 Å². The zero-order chi connectivity index (χ0) is 22.0. The summed E-state index contributed by atoms with van der Waals surface area (Å²) in [5.41, 5.74) is 2.89. The van der Waals surface area contributed by atoms with Crippen molar-refractivity contribution >= 4 is 22.8 Å². The molecule has 31 heavy (non-hydrogen) atoms. The average molecular weight is 421 g/mol. The number of anilines is 3. The monoisotopic (exact) mass is 421 g/mol. The van der Waals surface area contributed by atoms with Gasteiger partial charge in [0.25, 0.3) is 0 Å². The Kier molecular flexibility index (Phi) is 5.66. The molecule has 5 nitrogen and oxygen atoms in total. The number of pyridine rings is 1. The van der Waals surface area contributed by atoms with Crippen LogP contribution in [0, 0.1) is 18.6 Å². The number of carbonyl (C=O) groups is 1. The van der Waals surface area contributed by atoms with Crippen LogP contribution in [0.25, 0.3) is 0 Å². The predicted octanol–water partition coefficient (Wildman–Crippen LogP) is 5.28. The third kappa shape index (κ3) is 4.40. The van der Waals surface area contributed by atoms with Crippen LogP contribution in [0.3, 0.4) is 0 Å². The molecular weight excluding hydrogens is 400 g/mol. The van der Waals surface area contributed by atoms with Gasteiger partial charge in [0.1, 0.15) is 17.5 Å². The van der Waals surface area contributed by atoms with Crippen molar-refractivity contribution in [1.82, 2.24) is 4.98 Å². The predicted molar refractivity (Wildman–Crippen MR) is 115 cm³/mol. The minimum Gasteiger partial charge on any atom is -0.478 e. The molecule has 0 unspecified atom stereocenters. The van der Waals surface area contributed by atoms with Crippen LogP contribution in [0.4, 0.5) is 25.8 Å². The van der Waals surface area contributed by atoms with E-state index in [4.69, 9.17) is 4.74 Å². The number of carbonyl (C=O) groups excluding carboxylic acids is 1. The third-order valence-corrected chi connectivity index (χ3v) is 4.77. The summed E-state index contributed by atoms with van der Waals surface area (Å²) in [6.45, 7) is 4.05. The summed E-state index contributed by atoms with van der Waals surface area (Å²) in [4.78, 5) is 19.0. The van der Waals surface area contributed by atoms with Crippen molar-refractivity contribution < 1.29 is 18.3 Å². The van der Waals surface area contributed by atoms with Crippen LogP contribution in [0.15, 0.2) is 66.5 Å². The minimum atomic E-state index is -0.421. The van der Waals surface area contributed by atoms with Gasteiger partial charge in [-0.3, -0.25) is 9.69 Å². The van der Waals surface area contributed by atoms with Gasteiger partial charge >= 0.3 is 0 Å². The largest absolute Gasteiger partial charge is 0.478 e. The smallest absolute Gasteiger partial charge is 0.219 e. The number of rotatable bonds is 5. The van der Waals surface area contributed by atoms with E-state index in [9.17, 15) is 13.6 Å². The molecule has 7 heteroatoms. The summed E-state index contributed by atoms with van der Waals surface area (Å²) in [6, 6.07) is 13.8. The van der Waals surface area contributed by atoms with Crippen molar-refractivity contribution in [1.29, 1.82) is 0 Å². The molecule has 0 amide bonds. The molecule has 0 fully saturated rings. The quantitative estimate of drug-likeness (QED) is 0.607. The number of hydrogen-bond acceptors (Lipinski definition) is 5. The SMILES string of the molecule is CCOc1nc(C)cc2c1CC(=O)C=C(Nc1cccc(F)c1)N2c1cccc(F)c1. The topological polar surface area (TPSA) is 54.5 Å². The van der Waals surface area contributed by atoms with E-state index in [-0.39, 0.29) is 12.2 Å². The van der Waals surface area contributed by atoms with E-state index in [1.54, 1.807) is 29.2 Å². The highest BCUT2D eigenvalue weighted by molar-refractivity contribution is 5.97. The lowest BCUT2D eigenvalue weighted by Gasteiger charge is -2.29. The summed E-state index contributed by atoms with van der Waals surface area (Å²) in [7, 11) is 0. The molecule has 0 bridgehead atoms. The fourth-order valence-corrected chi connectivity index (χ4v) is 3.55. The molecule has 0 aliphatic carbocycles.